The van der Waals surface area contributed by atoms with Gasteiger partial charge in [-0.2, -0.15) is 0 Å². The fraction of sp³-hybridized carbons (Fsp3) is 0.0625. The van der Waals surface area contributed by atoms with Crippen molar-refractivity contribution >= 4 is 28.2 Å². The van der Waals surface area contributed by atoms with E-state index in [0.717, 1.165) is 10.9 Å². The average molecular weight is 311 g/mol. The highest BCUT2D eigenvalue weighted by Crippen LogP contribution is 2.25. The van der Waals surface area contributed by atoms with Crippen molar-refractivity contribution < 1.29 is 14.5 Å². The van der Waals surface area contributed by atoms with Gasteiger partial charge < -0.3 is 15.0 Å². The molecule has 1 amide bonds. The summed E-state index contributed by atoms with van der Waals surface area (Å²) in [5.41, 5.74) is 1.17. The van der Waals surface area contributed by atoms with E-state index in [1.165, 1.54) is 25.3 Å². The Hall–Kier alpha value is -3.35. The number of nitro groups is 1. The van der Waals surface area contributed by atoms with Gasteiger partial charge in [-0.25, -0.2) is 0 Å². The monoisotopic (exact) mass is 311 g/mol. The van der Waals surface area contributed by atoms with Gasteiger partial charge in [-0.1, -0.05) is 0 Å². The van der Waals surface area contributed by atoms with E-state index in [2.05, 4.69) is 10.3 Å². The van der Waals surface area contributed by atoms with Gasteiger partial charge in [-0.15, -0.1) is 0 Å². The Morgan fingerprint density at radius 1 is 1.22 bits per heavy atom. The van der Waals surface area contributed by atoms with Crippen molar-refractivity contribution in [1.82, 2.24) is 4.98 Å². The number of nitrogens with zero attached hydrogens (tertiary/aromatic N) is 1. The van der Waals surface area contributed by atoms with E-state index in [9.17, 15) is 14.9 Å². The molecule has 23 heavy (non-hydrogen) atoms. The topological polar surface area (TPSA) is 97.3 Å². The molecule has 3 aromatic rings. The quantitative estimate of drug-likeness (QED) is 0.570. The molecule has 0 aliphatic carbocycles. The Labute approximate surface area is 131 Å². The van der Waals surface area contributed by atoms with Gasteiger partial charge in [0.05, 0.1) is 12.0 Å². The average Bonchev–Trinajstić information content (AvgIpc) is 3.01. The van der Waals surface area contributed by atoms with Crippen LogP contribution in [0.2, 0.25) is 0 Å². The van der Waals surface area contributed by atoms with Gasteiger partial charge in [-0.3, -0.25) is 14.9 Å². The number of hydrogen-bond donors (Lipinski definition) is 2. The molecule has 0 saturated heterocycles. The number of amides is 1. The lowest BCUT2D eigenvalue weighted by atomic mass is 10.1. The lowest BCUT2D eigenvalue weighted by Gasteiger charge is -2.08. The van der Waals surface area contributed by atoms with Crippen LogP contribution >= 0.6 is 0 Å². The minimum Gasteiger partial charge on any atom is -0.497 e. The molecule has 0 atom stereocenters. The molecular formula is C16H13N3O4. The number of ether oxygens (including phenoxy) is 1. The summed E-state index contributed by atoms with van der Waals surface area (Å²) >= 11 is 0. The second kappa shape index (κ2) is 5.80. The highest BCUT2D eigenvalue weighted by Gasteiger charge is 2.21. The Kier molecular flexibility index (Phi) is 3.68. The Balaban J connectivity index is 1.94. The second-order valence-electron chi connectivity index (χ2n) is 4.87. The van der Waals surface area contributed by atoms with Gasteiger partial charge in [0.15, 0.2) is 0 Å². The van der Waals surface area contributed by atoms with Crippen molar-refractivity contribution in [1.29, 1.82) is 0 Å². The molecule has 0 fully saturated rings. The first-order valence-corrected chi connectivity index (χ1v) is 6.79. The minimum atomic E-state index is -0.594. The third kappa shape index (κ3) is 2.84. The molecule has 3 rings (SSSR count). The van der Waals surface area contributed by atoms with Gasteiger partial charge in [0, 0.05) is 28.9 Å². The molecule has 7 nitrogen and oxygen atoms in total. The minimum absolute atomic E-state index is 0.0523. The van der Waals surface area contributed by atoms with E-state index in [0.29, 0.717) is 11.4 Å². The number of carbonyl (C=O) groups excluding carboxylic acids is 1. The van der Waals surface area contributed by atoms with Crippen molar-refractivity contribution in [3.05, 3.63) is 64.3 Å². The zero-order valence-corrected chi connectivity index (χ0v) is 12.2. The molecule has 1 heterocycles. The highest BCUT2D eigenvalue weighted by atomic mass is 16.6. The smallest absolute Gasteiger partial charge is 0.282 e. The predicted octanol–water partition coefficient (Wildman–Crippen LogP) is 3.34. The number of rotatable bonds is 4. The maximum atomic E-state index is 12.4. The zero-order chi connectivity index (χ0) is 16.4. The van der Waals surface area contributed by atoms with E-state index in [1.807, 2.05) is 12.1 Å². The van der Waals surface area contributed by atoms with E-state index >= 15 is 0 Å². The number of aromatic nitrogens is 1. The highest BCUT2D eigenvalue weighted by molar-refractivity contribution is 6.08. The van der Waals surface area contributed by atoms with Crippen molar-refractivity contribution in [3.63, 3.8) is 0 Å². The molecule has 0 unspecified atom stereocenters. The number of benzene rings is 2. The number of methoxy groups -OCH3 is 1. The first kappa shape index (κ1) is 14.6. The summed E-state index contributed by atoms with van der Waals surface area (Å²) in [4.78, 5) is 26.0. The summed E-state index contributed by atoms with van der Waals surface area (Å²) in [5.74, 6) is -0.188. The van der Waals surface area contributed by atoms with E-state index in [4.69, 9.17) is 4.74 Å². The van der Waals surface area contributed by atoms with Crippen LogP contribution in [0.5, 0.6) is 5.75 Å². The third-order valence-corrected chi connectivity index (χ3v) is 3.46. The number of H-pyrrole nitrogens is 1. The number of nitro benzene ring substituents is 1. The third-order valence-electron chi connectivity index (χ3n) is 3.46. The van der Waals surface area contributed by atoms with Gasteiger partial charge in [-0.05, 0) is 36.4 Å². The Morgan fingerprint density at radius 2 is 2.04 bits per heavy atom. The number of nitrogens with one attached hydrogen (secondary N) is 2. The van der Waals surface area contributed by atoms with Crippen LogP contribution in [0, 0.1) is 10.1 Å². The molecule has 2 N–H and O–H groups in total. The molecule has 0 saturated carbocycles. The van der Waals surface area contributed by atoms with E-state index < -0.39 is 10.8 Å². The second-order valence-corrected chi connectivity index (χ2v) is 4.87. The summed E-state index contributed by atoms with van der Waals surface area (Å²) in [6, 6.07) is 11.3. The maximum Gasteiger partial charge on any atom is 0.282 e. The maximum absolute atomic E-state index is 12.4. The SMILES string of the molecule is COc1ccc([N+](=O)[O-])c(C(=O)Nc2ccc3[nH]ccc3c2)c1. The predicted molar refractivity (Wildman–Crippen MR) is 85.9 cm³/mol. The Morgan fingerprint density at radius 3 is 2.78 bits per heavy atom. The fourth-order valence-electron chi connectivity index (χ4n) is 2.31. The van der Waals surface area contributed by atoms with Crippen LogP contribution in [0.1, 0.15) is 10.4 Å². The Bertz CT molecular complexity index is 901. The van der Waals surface area contributed by atoms with Crippen molar-refractivity contribution in [2.45, 2.75) is 0 Å². The lowest BCUT2D eigenvalue weighted by molar-refractivity contribution is -0.385. The molecule has 0 bridgehead atoms. The van der Waals surface area contributed by atoms with Crippen LogP contribution < -0.4 is 10.1 Å². The fourth-order valence-corrected chi connectivity index (χ4v) is 2.31. The molecule has 0 spiro atoms. The number of hydrogen-bond acceptors (Lipinski definition) is 4. The van der Waals surface area contributed by atoms with E-state index in [-0.39, 0.29) is 11.3 Å². The number of aromatic amines is 1. The molecule has 0 aliphatic rings. The van der Waals surface area contributed by atoms with Crippen molar-refractivity contribution in [2.75, 3.05) is 12.4 Å². The number of fused-ring (bicyclic) bond motifs is 1. The normalized spacial score (nSPS) is 10.5. The van der Waals surface area contributed by atoms with Crippen molar-refractivity contribution in [3.8, 4) is 5.75 Å². The van der Waals surface area contributed by atoms with Crippen LogP contribution in [-0.4, -0.2) is 22.9 Å². The largest absolute Gasteiger partial charge is 0.497 e. The summed E-state index contributed by atoms with van der Waals surface area (Å²) in [7, 11) is 1.43. The van der Waals surface area contributed by atoms with Gasteiger partial charge in [0.25, 0.3) is 11.6 Å². The van der Waals surface area contributed by atoms with Crippen LogP contribution in [0.15, 0.2) is 48.7 Å². The molecule has 2 aromatic carbocycles. The summed E-state index contributed by atoms with van der Waals surface area (Å²) in [5, 5.41) is 14.7. The van der Waals surface area contributed by atoms with Gasteiger partial charge >= 0.3 is 0 Å². The molecule has 7 heteroatoms. The number of carbonyl (C=O) groups is 1. The van der Waals surface area contributed by atoms with E-state index in [1.54, 1.807) is 18.3 Å². The lowest BCUT2D eigenvalue weighted by Crippen LogP contribution is -2.14. The van der Waals surface area contributed by atoms with Gasteiger partial charge in [0.2, 0.25) is 0 Å². The number of anilines is 1. The van der Waals surface area contributed by atoms with Crippen LogP contribution in [0.4, 0.5) is 11.4 Å². The molecule has 0 aliphatic heterocycles. The summed E-state index contributed by atoms with van der Waals surface area (Å²) in [6.45, 7) is 0. The molecule has 0 radical (unpaired) electrons. The summed E-state index contributed by atoms with van der Waals surface area (Å²) < 4.78 is 5.03. The van der Waals surface area contributed by atoms with Crippen LogP contribution in [-0.2, 0) is 0 Å². The first-order valence-electron chi connectivity index (χ1n) is 6.79. The first-order chi connectivity index (χ1) is 11.1. The summed E-state index contributed by atoms with van der Waals surface area (Å²) in [6.07, 6.45) is 1.79. The standard InChI is InChI=1S/C16H13N3O4/c1-23-12-3-5-15(19(21)22)13(9-12)16(20)18-11-2-4-14-10(8-11)6-7-17-14/h2-9,17H,1H3,(H,18,20). The van der Waals surface area contributed by atoms with Gasteiger partial charge in [0.1, 0.15) is 11.3 Å². The molecule has 1 aromatic heterocycles. The molecular weight excluding hydrogens is 298 g/mol. The zero-order valence-electron chi connectivity index (χ0n) is 12.2. The van der Waals surface area contributed by atoms with Crippen LogP contribution in [0.25, 0.3) is 10.9 Å². The van der Waals surface area contributed by atoms with Crippen LogP contribution in [0.3, 0.4) is 0 Å². The van der Waals surface area contributed by atoms with Crippen molar-refractivity contribution in [2.24, 2.45) is 0 Å². The molecule has 116 valence electrons.